The molecule has 1 aliphatic carbocycles. The maximum atomic E-state index is 13.7. The van der Waals surface area contributed by atoms with Gasteiger partial charge in [-0.3, -0.25) is 14.5 Å². The minimum atomic E-state index is -0.739. The number of carbonyl (C=O) groups excluding carboxylic acids is 2. The van der Waals surface area contributed by atoms with Crippen molar-refractivity contribution in [3.05, 3.63) is 59.0 Å². The molecule has 0 bridgehead atoms. The third-order valence-corrected chi connectivity index (χ3v) is 7.36. The minimum Gasteiger partial charge on any atom is -0.483 e. The summed E-state index contributed by atoms with van der Waals surface area (Å²) in [6.45, 7) is 1.82. The van der Waals surface area contributed by atoms with Crippen molar-refractivity contribution in [3.8, 4) is 0 Å². The molecule has 6 nitrogen and oxygen atoms in total. The molecule has 0 N–H and O–H groups in total. The van der Waals surface area contributed by atoms with E-state index in [4.69, 9.17) is 9.15 Å². The van der Waals surface area contributed by atoms with Gasteiger partial charge in [-0.05, 0) is 56.5 Å². The Kier molecular flexibility index (Phi) is 4.08. The number of halogens is 1. The van der Waals surface area contributed by atoms with Crippen LogP contribution in [0.2, 0.25) is 0 Å². The number of carbonyl (C=O) groups is 2. The molecule has 8 heteroatoms. The second-order valence-corrected chi connectivity index (χ2v) is 9.30. The molecule has 2 aromatic heterocycles. The number of ketones is 1. The normalized spacial score (nSPS) is 25.7. The van der Waals surface area contributed by atoms with Crippen molar-refractivity contribution in [1.29, 1.82) is 0 Å². The number of Topliss-reactive ketones (excluding diaryl/α,β-unsaturated/α-hetero) is 1. The van der Waals surface area contributed by atoms with Gasteiger partial charge in [0.1, 0.15) is 29.5 Å². The van der Waals surface area contributed by atoms with Crippen LogP contribution in [-0.4, -0.2) is 22.8 Å². The molecule has 6 rings (SSSR count). The molecular formula is C23H19FN2O4S. The van der Waals surface area contributed by atoms with Crippen LogP contribution in [0.4, 0.5) is 9.52 Å². The summed E-state index contributed by atoms with van der Waals surface area (Å²) >= 11 is 1.21. The Morgan fingerprint density at radius 1 is 1.16 bits per heavy atom. The Hall–Kier alpha value is -3.00. The van der Waals surface area contributed by atoms with Crippen LogP contribution in [0.15, 0.2) is 46.1 Å². The highest BCUT2D eigenvalue weighted by atomic mass is 32.1. The van der Waals surface area contributed by atoms with Gasteiger partial charge in [0.05, 0.1) is 21.7 Å². The second kappa shape index (κ2) is 6.75. The van der Waals surface area contributed by atoms with Crippen LogP contribution in [0.5, 0.6) is 0 Å². The van der Waals surface area contributed by atoms with Crippen LogP contribution in [0, 0.1) is 18.7 Å². The molecule has 31 heavy (non-hydrogen) atoms. The maximum Gasteiger partial charge on any atom is 0.296 e. The van der Waals surface area contributed by atoms with Gasteiger partial charge < -0.3 is 9.15 Å². The van der Waals surface area contributed by atoms with Gasteiger partial charge in [0.2, 0.25) is 0 Å². The first-order chi connectivity index (χ1) is 15.0. The largest absolute Gasteiger partial charge is 0.483 e. The lowest BCUT2D eigenvalue weighted by Gasteiger charge is -2.35. The van der Waals surface area contributed by atoms with Crippen LogP contribution >= 0.6 is 11.3 Å². The fourth-order valence-corrected chi connectivity index (χ4v) is 5.92. The Balaban J connectivity index is 1.51. The van der Waals surface area contributed by atoms with Gasteiger partial charge in [-0.15, -0.1) is 0 Å². The van der Waals surface area contributed by atoms with Crippen molar-refractivity contribution in [2.75, 3.05) is 4.90 Å². The predicted octanol–water partition coefficient (Wildman–Crippen LogP) is 4.84. The number of nitrogens with zero attached hydrogens (tertiary/aromatic N) is 2. The van der Waals surface area contributed by atoms with Crippen LogP contribution in [-0.2, 0) is 14.3 Å². The maximum absolute atomic E-state index is 13.7. The summed E-state index contributed by atoms with van der Waals surface area (Å²) < 4.78 is 26.4. The van der Waals surface area contributed by atoms with Crippen molar-refractivity contribution < 1.29 is 23.1 Å². The SMILES string of the molecule is Cc1ccc(C2C3=C(OC4CCCCC4C3=O)C(=O)N2c2nc3ccc(F)cc3s2)o1. The van der Waals surface area contributed by atoms with Crippen LogP contribution < -0.4 is 4.90 Å². The van der Waals surface area contributed by atoms with Gasteiger partial charge in [0.25, 0.3) is 5.91 Å². The Morgan fingerprint density at radius 3 is 2.81 bits per heavy atom. The molecular weight excluding hydrogens is 419 g/mol. The van der Waals surface area contributed by atoms with Crippen LogP contribution in [0.1, 0.15) is 43.2 Å². The predicted molar refractivity (Wildman–Crippen MR) is 112 cm³/mol. The molecule has 3 atom stereocenters. The van der Waals surface area contributed by atoms with Gasteiger partial charge >= 0.3 is 0 Å². The number of amides is 1. The minimum absolute atomic E-state index is 0.0343. The second-order valence-electron chi connectivity index (χ2n) is 8.29. The third-order valence-electron chi connectivity index (χ3n) is 6.34. The van der Waals surface area contributed by atoms with E-state index in [1.54, 1.807) is 12.1 Å². The van der Waals surface area contributed by atoms with Crippen LogP contribution in [0.25, 0.3) is 10.2 Å². The summed E-state index contributed by atoms with van der Waals surface area (Å²) in [5.41, 5.74) is 0.947. The van der Waals surface area contributed by atoms with Crippen molar-refractivity contribution >= 4 is 38.4 Å². The number of ether oxygens (including phenoxy) is 1. The number of fused-ring (bicyclic) bond motifs is 2. The van der Waals surface area contributed by atoms with E-state index in [9.17, 15) is 14.0 Å². The third kappa shape index (κ3) is 2.77. The van der Waals surface area contributed by atoms with Crippen molar-refractivity contribution in [2.24, 2.45) is 5.92 Å². The van der Waals surface area contributed by atoms with Gasteiger partial charge in [-0.1, -0.05) is 17.8 Å². The zero-order chi connectivity index (χ0) is 21.3. The molecule has 158 valence electrons. The first-order valence-corrected chi connectivity index (χ1v) is 11.2. The molecule has 3 aliphatic rings. The van der Waals surface area contributed by atoms with Crippen molar-refractivity contribution in [1.82, 2.24) is 4.98 Å². The topological polar surface area (TPSA) is 72.6 Å². The lowest BCUT2D eigenvalue weighted by atomic mass is 9.78. The van der Waals surface area contributed by atoms with Gasteiger partial charge in [-0.25, -0.2) is 9.37 Å². The summed E-state index contributed by atoms with van der Waals surface area (Å²) in [6.07, 6.45) is 3.24. The van der Waals surface area contributed by atoms with E-state index in [-0.39, 0.29) is 29.4 Å². The van der Waals surface area contributed by atoms with E-state index in [1.165, 1.54) is 28.4 Å². The number of aryl methyl sites for hydroxylation is 1. The van der Waals surface area contributed by atoms with E-state index < -0.39 is 11.9 Å². The molecule has 3 unspecified atom stereocenters. The number of anilines is 1. The van der Waals surface area contributed by atoms with E-state index in [1.807, 2.05) is 13.0 Å². The lowest BCUT2D eigenvalue weighted by molar-refractivity contribution is -0.131. The van der Waals surface area contributed by atoms with E-state index in [0.29, 0.717) is 32.4 Å². The summed E-state index contributed by atoms with van der Waals surface area (Å²) in [5.74, 6) is 0.253. The first kappa shape index (κ1) is 18.7. The number of benzene rings is 1. The summed E-state index contributed by atoms with van der Waals surface area (Å²) in [7, 11) is 0. The lowest BCUT2D eigenvalue weighted by Crippen LogP contribution is -2.39. The molecule has 2 aliphatic heterocycles. The number of hydrogen-bond acceptors (Lipinski definition) is 6. The molecule has 0 spiro atoms. The molecule has 0 saturated heterocycles. The smallest absolute Gasteiger partial charge is 0.296 e. The zero-order valence-electron chi connectivity index (χ0n) is 16.8. The summed E-state index contributed by atoms with van der Waals surface area (Å²) in [4.78, 5) is 33.1. The monoisotopic (exact) mass is 438 g/mol. The fraction of sp³-hybridized carbons (Fsp3) is 0.348. The molecule has 1 saturated carbocycles. The fourth-order valence-electron chi connectivity index (χ4n) is 4.90. The van der Waals surface area contributed by atoms with Crippen LogP contribution in [0.3, 0.4) is 0 Å². The number of aromatic nitrogens is 1. The Labute approximate surface area is 181 Å². The zero-order valence-corrected chi connectivity index (χ0v) is 17.6. The quantitative estimate of drug-likeness (QED) is 0.573. The average Bonchev–Trinajstić information content (AvgIpc) is 3.44. The van der Waals surface area contributed by atoms with Crippen molar-refractivity contribution in [2.45, 2.75) is 44.8 Å². The Bertz CT molecular complexity index is 1280. The molecule has 1 fully saturated rings. The molecule has 1 amide bonds. The number of thiazole rings is 1. The van der Waals surface area contributed by atoms with Gasteiger partial charge in [0, 0.05) is 0 Å². The number of hydrogen-bond donors (Lipinski definition) is 0. The van der Waals surface area contributed by atoms with Gasteiger partial charge in [-0.2, -0.15) is 0 Å². The highest BCUT2D eigenvalue weighted by Crippen LogP contribution is 2.49. The highest BCUT2D eigenvalue weighted by molar-refractivity contribution is 7.22. The van der Waals surface area contributed by atoms with E-state index in [0.717, 1.165) is 25.7 Å². The summed E-state index contributed by atoms with van der Waals surface area (Å²) in [5, 5.41) is 0.387. The van der Waals surface area contributed by atoms with E-state index in [2.05, 4.69) is 4.98 Å². The van der Waals surface area contributed by atoms with Crippen molar-refractivity contribution in [3.63, 3.8) is 0 Å². The molecule has 1 aromatic carbocycles. The van der Waals surface area contributed by atoms with Gasteiger partial charge in [0.15, 0.2) is 16.7 Å². The number of furan rings is 1. The highest BCUT2D eigenvalue weighted by Gasteiger charge is 2.54. The summed E-state index contributed by atoms with van der Waals surface area (Å²) in [6, 6.07) is 7.17. The standard InChI is InChI=1S/C23H19FN2O4S/c1-11-6-9-16(29-11)19-18-20(27)13-4-2-3-5-15(13)30-21(18)22(28)26(19)23-25-14-8-7-12(24)10-17(14)31-23/h6-10,13,15,19H,2-5H2,1H3. The average molecular weight is 438 g/mol. The molecule has 4 heterocycles. The van der Waals surface area contributed by atoms with E-state index >= 15 is 0 Å². The molecule has 0 radical (unpaired) electrons. The number of rotatable bonds is 2. The Morgan fingerprint density at radius 2 is 2.00 bits per heavy atom. The first-order valence-electron chi connectivity index (χ1n) is 10.4. The molecule has 3 aromatic rings.